The molecule has 3 nitrogen and oxygen atoms in total. The van der Waals surface area contributed by atoms with Gasteiger partial charge in [-0.1, -0.05) is 20.8 Å². The summed E-state index contributed by atoms with van der Waals surface area (Å²) in [6.07, 6.45) is 7.25. The van der Waals surface area contributed by atoms with Crippen LogP contribution in [0, 0.1) is 0 Å². The molecule has 0 spiro atoms. The highest BCUT2D eigenvalue weighted by Gasteiger charge is 2.22. The summed E-state index contributed by atoms with van der Waals surface area (Å²) < 4.78 is 6.03. The molecule has 0 atom stereocenters. The lowest BCUT2D eigenvalue weighted by atomic mass is 10.1. The summed E-state index contributed by atoms with van der Waals surface area (Å²) in [5.74, 6) is 0.835. The fourth-order valence-electron chi connectivity index (χ4n) is 2.97. The molecule has 0 aromatic heterocycles. The van der Waals surface area contributed by atoms with Crippen LogP contribution in [0.1, 0.15) is 50.4 Å². The molecule has 0 aliphatic rings. The molecule has 0 amide bonds. The van der Waals surface area contributed by atoms with Gasteiger partial charge in [0.15, 0.2) is 5.78 Å². The first kappa shape index (κ1) is 18.4. The normalized spacial score (nSPS) is 11.8. The monoisotopic (exact) mass is 304 g/mol. The molecule has 122 valence electrons. The molecule has 0 saturated heterocycles. The minimum atomic E-state index is 0.0634. The van der Waals surface area contributed by atoms with E-state index in [1.54, 1.807) is 13.2 Å². The van der Waals surface area contributed by atoms with Gasteiger partial charge in [-0.3, -0.25) is 9.28 Å². The number of hydrogen-bond donors (Lipinski definition) is 0. The predicted octanol–water partition coefficient (Wildman–Crippen LogP) is 4.44. The van der Waals surface area contributed by atoms with Crippen molar-refractivity contribution in [1.82, 2.24) is 0 Å². The number of methoxy groups -OCH3 is 1. The van der Waals surface area contributed by atoms with E-state index in [1.165, 1.54) is 0 Å². The highest BCUT2D eigenvalue weighted by atomic mass is 16.5. The highest BCUT2D eigenvalue weighted by Crippen LogP contribution is 2.15. The first-order valence-corrected chi connectivity index (χ1v) is 8.34. The lowest BCUT2D eigenvalue weighted by Crippen LogP contribution is -2.44. The van der Waals surface area contributed by atoms with E-state index in [-0.39, 0.29) is 5.78 Å². The minimum Gasteiger partial charge on any atom is -0.497 e. The van der Waals surface area contributed by atoms with Crippen molar-refractivity contribution < 1.29 is 14.0 Å². The third-order valence-electron chi connectivity index (χ3n) is 3.92. The topological polar surface area (TPSA) is 26.3 Å². The van der Waals surface area contributed by atoms with Gasteiger partial charge in [-0.05, 0) is 43.5 Å². The number of carbonyl (C=O) groups is 1. The molecule has 0 radical (unpaired) electrons. The molecule has 0 aliphatic heterocycles. The van der Waals surface area contributed by atoms with E-state index in [9.17, 15) is 4.79 Å². The second kappa shape index (κ2) is 9.42. The molecule has 1 aromatic rings. The Hall–Kier alpha value is -1.61. The van der Waals surface area contributed by atoms with Crippen molar-refractivity contribution >= 4 is 5.78 Å². The summed E-state index contributed by atoms with van der Waals surface area (Å²) in [6, 6.07) is 7.29. The van der Waals surface area contributed by atoms with Gasteiger partial charge < -0.3 is 4.74 Å². The van der Waals surface area contributed by atoms with Crippen LogP contribution in [0.5, 0.6) is 5.75 Å². The zero-order chi connectivity index (χ0) is 16.4. The number of benzene rings is 1. The Morgan fingerprint density at radius 3 is 1.91 bits per heavy atom. The van der Waals surface area contributed by atoms with Gasteiger partial charge in [-0.2, -0.15) is 0 Å². The first-order valence-electron chi connectivity index (χ1n) is 8.34. The van der Waals surface area contributed by atoms with Crippen LogP contribution in [0.3, 0.4) is 0 Å². The van der Waals surface area contributed by atoms with Gasteiger partial charge in [-0.25, -0.2) is 0 Å². The molecule has 3 heteroatoms. The van der Waals surface area contributed by atoms with Crippen molar-refractivity contribution in [2.75, 3.05) is 26.7 Å². The van der Waals surface area contributed by atoms with E-state index in [2.05, 4.69) is 27.0 Å². The van der Waals surface area contributed by atoms with Crippen molar-refractivity contribution in [3.8, 4) is 5.75 Å². The number of carbonyl (C=O) groups excluding carboxylic acids is 1. The molecular formula is C19H30NO2+. The Morgan fingerprint density at radius 2 is 1.50 bits per heavy atom. The maximum absolute atomic E-state index is 12.4. The van der Waals surface area contributed by atoms with Gasteiger partial charge >= 0.3 is 0 Å². The summed E-state index contributed by atoms with van der Waals surface area (Å²) in [6.45, 7) is 9.89. The summed E-state index contributed by atoms with van der Waals surface area (Å²) in [7, 11) is 1.63. The molecular weight excluding hydrogens is 274 g/mol. The van der Waals surface area contributed by atoms with E-state index in [0.29, 0.717) is 5.56 Å². The van der Waals surface area contributed by atoms with Crippen LogP contribution in [0.4, 0.5) is 0 Å². The van der Waals surface area contributed by atoms with E-state index in [0.717, 1.165) is 49.1 Å². The molecule has 0 unspecified atom stereocenters. The third-order valence-corrected chi connectivity index (χ3v) is 3.92. The number of hydrogen-bond acceptors (Lipinski definition) is 2. The van der Waals surface area contributed by atoms with Gasteiger partial charge in [0, 0.05) is 11.6 Å². The largest absolute Gasteiger partial charge is 0.497 e. The Balaban J connectivity index is 2.89. The number of ether oxygens (including phenoxy) is 1. The summed E-state index contributed by atoms with van der Waals surface area (Å²) in [5.41, 5.74) is 0.708. The van der Waals surface area contributed by atoms with E-state index in [4.69, 9.17) is 4.74 Å². The van der Waals surface area contributed by atoms with Crippen LogP contribution in [0.15, 0.2) is 36.5 Å². The molecule has 22 heavy (non-hydrogen) atoms. The van der Waals surface area contributed by atoms with Gasteiger partial charge in [0.1, 0.15) is 5.75 Å². The average molecular weight is 304 g/mol. The highest BCUT2D eigenvalue weighted by molar-refractivity contribution is 6.04. The van der Waals surface area contributed by atoms with Gasteiger partial charge in [0.2, 0.25) is 0 Å². The zero-order valence-electron chi connectivity index (χ0n) is 14.5. The molecule has 1 rings (SSSR count). The lowest BCUT2D eigenvalue weighted by Gasteiger charge is -2.34. The van der Waals surface area contributed by atoms with Crippen molar-refractivity contribution in [2.24, 2.45) is 0 Å². The lowest BCUT2D eigenvalue weighted by molar-refractivity contribution is -0.879. The first-order chi connectivity index (χ1) is 10.6. The maximum Gasteiger partial charge on any atom is 0.191 e. The molecule has 1 aromatic carbocycles. The quantitative estimate of drug-likeness (QED) is 0.363. The van der Waals surface area contributed by atoms with Gasteiger partial charge in [0.25, 0.3) is 0 Å². The standard InChI is InChI=1S/C19H30NO2/c1-5-13-20(14-6-2,15-7-3)16-12-19(21)17-8-10-18(22-4)11-9-17/h8-12,16H,5-7,13-15H2,1-4H3/q+1/b16-12+. The second-order valence-corrected chi connectivity index (χ2v) is 5.80. The van der Waals surface area contributed by atoms with Gasteiger partial charge in [0.05, 0.1) is 32.9 Å². The average Bonchev–Trinajstić information content (AvgIpc) is 2.53. The zero-order valence-corrected chi connectivity index (χ0v) is 14.5. The smallest absolute Gasteiger partial charge is 0.191 e. The van der Waals surface area contributed by atoms with Crippen LogP contribution in [0.25, 0.3) is 0 Å². The van der Waals surface area contributed by atoms with Gasteiger partial charge in [-0.15, -0.1) is 0 Å². The Bertz CT molecular complexity index is 460. The molecule has 0 fully saturated rings. The van der Waals surface area contributed by atoms with E-state index >= 15 is 0 Å². The van der Waals surface area contributed by atoms with Crippen molar-refractivity contribution in [1.29, 1.82) is 0 Å². The van der Waals surface area contributed by atoms with Crippen LogP contribution < -0.4 is 4.74 Å². The molecule has 0 saturated carbocycles. The van der Waals surface area contributed by atoms with Crippen molar-refractivity contribution in [3.05, 3.63) is 42.1 Å². The van der Waals surface area contributed by atoms with Crippen molar-refractivity contribution in [2.45, 2.75) is 40.0 Å². The maximum atomic E-state index is 12.4. The number of ketones is 1. The Kier molecular flexibility index (Phi) is 7.89. The third kappa shape index (κ3) is 5.30. The second-order valence-electron chi connectivity index (χ2n) is 5.80. The number of rotatable bonds is 10. The molecule has 0 N–H and O–H groups in total. The van der Waals surface area contributed by atoms with Crippen LogP contribution >= 0.6 is 0 Å². The fourth-order valence-corrected chi connectivity index (χ4v) is 2.97. The predicted molar refractivity (Wildman–Crippen MR) is 92.2 cm³/mol. The Morgan fingerprint density at radius 1 is 1.00 bits per heavy atom. The fraction of sp³-hybridized carbons (Fsp3) is 0.526. The Labute approximate surface area is 135 Å². The minimum absolute atomic E-state index is 0.0634. The van der Waals surface area contributed by atoms with Crippen LogP contribution in [-0.2, 0) is 0 Å². The molecule has 0 bridgehead atoms. The van der Waals surface area contributed by atoms with Crippen LogP contribution in [-0.4, -0.2) is 37.0 Å². The summed E-state index contributed by atoms with van der Waals surface area (Å²) in [4.78, 5) is 12.4. The summed E-state index contributed by atoms with van der Waals surface area (Å²) >= 11 is 0. The molecule has 0 heterocycles. The van der Waals surface area contributed by atoms with Crippen molar-refractivity contribution in [3.63, 3.8) is 0 Å². The number of quaternary nitrogens is 1. The van der Waals surface area contributed by atoms with Crippen LogP contribution in [0.2, 0.25) is 0 Å². The number of nitrogens with zero attached hydrogens (tertiary/aromatic N) is 1. The van der Waals surface area contributed by atoms with E-state index in [1.807, 2.05) is 24.3 Å². The SMILES string of the molecule is CCC[N+](/C=C/C(=O)c1ccc(OC)cc1)(CCC)CCC. The molecule has 0 aliphatic carbocycles. The number of allylic oxidation sites excluding steroid dienone is 1. The van der Waals surface area contributed by atoms with E-state index < -0.39 is 0 Å². The summed E-state index contributed by atoms with van der Waals surface area (Å²) in [5, 5.41) is 0.